The normalized spacial score (nSPS) is 15.3. The van der Waals surface area contributed by atoms with Crippen molar-refractivity contribution in [2.24, 2.45) is 0 Å². The lowest BCUT2D eigenvalue weighted by Crippen LogP contribution is -2.51. The van der Waals surface area contributed by atoms with Crippen molar-refractivity contribution in [3.63, 3.8) is 0 Å². The number of nitrogens with one attached hydrogen (secondary N) is 1. The van der Waals surface area contributed by atoms with Crippen molar-refractivity contribution < 1.29 is 27.2 Å². The molecule has 0 aromatic heterocycles. The summed E-state index contributed by atoms with van der Waals surface area (Å²) in [4.78, 5) is 39.0. The molecule has 1 aliphatic heterocycles. The number of nitrogens with zero attached hydrogens (tertiary/aromatic N) is 2. The summed E-state index contributed by atoms with van der Waals surface area (Å²) in [6, 6.07) is 10.4. The van der Waals surface area contributed by atoms with Crippen LogP contribution in [0.25, 0.3) is 0 Å². The van der Waals surface area contributed by atoms with Crippen LogP contribution in [0.15, 0.2) is 53.4 Å². The molecule has 2 aromatic rings. The lowest BCUT2D eigenvalue weighted by atomic mass is 10.1. The first-order valence-corrected chi connectivity index (χ1v) is 11.1. The summed E-state index contributed by atoms with van der Waals surface area (Å²) in [7, 11) is -4.20. The molecule has 2 aromatic carbocycles. The second-order valence-corrected chi connectivity index (χ2v) is 8.83. The Morgan fingerprint density at radius 2 is 1.77 bits per heavy atom. The highest BCUT2D eigenvalue weighted by molar-refractivity contribution is 7.90. The molecule has 8 nitrogen and oxygen atoms in total. The average Bonchev–Trinajstić information content (AvgIpc) is 2.93. The van der Waals surface area contributed by atoms with E-state index in [4.69, 9.17) is 0 Å². The lowest BCUT2D eigenvalue weighted by Gasteiger charge is -2.30. The van der Waals surface area contributed by atoms with Crippen molar-refractivity contribution in [2.75, 3.05) is 13.1 Å². The molecule has 10 heteroatoms. The second-order valence-electron chi connectivity index (χ2n) is 7.00. The first kappa shape index (κ1) is 22.4. The molecule has 1 atom stereocenters. The van der Waals surface area contributed by atoms with Crippen LogP contribution in [0.4, 0.5) is 4.39 Å². The van der Waals surface area contributed by atoms with Gasteiger partial charge in [-0.15, -0.1) is 0 Å². The maximum atomic E-state index is 14.2. The number of benzene rings is 2. The number of halogens is 1. The van der Waals surface area contributed by atoms with Gasteiger partial charge in [-0.3, -0.25) is 14.4 Å². The van der Waals surface area contributed by atoms with Crippen LogP contribution in [0.5, 0.6) is 0 Å². The van der Waals surface area contributed by atoms with Gasteiger partial charge in [0.25, 0.3) is 15.9 Å². The number of likely N-dealkylation sites (N-methyl/N-ethyl adjacent to an activating group) is 1. The van der Waals surface area contributed by atoms with Crippen molar-refractivity contribution in [1.29, 1.82) is 0 Å². The molecule has 0 spiro atoms. The van der Waals surface area contributed by atoms with Gasteiger partial charge in [-0.2, -0.15) is 0 Å². The molecule has 0 saturated carbocycles. The smallest absolute Gasteiger partial charge is 0.269 e. The van der Waals surface area contributed by atoms with Gasteiger partial charge in [0.1, 0.15) is 23.3 Å². The van der Waals surface area contributed by atoms with E-state index >= 15 is 0 Å². The summed E-state index contributed by atoms with van der Waals surface area (Å²) in [6.45, 7) is 2.42. The first-order valence-electron chi connectivity index (χ1n) is 9.65. The van der Waals surface area contributed by atoms with E-state index in [1.807, 2.05) is 0 Å². The number of amides is 3. The summed E-state index contributed by atoms with van der Waals surface area (Å²) < 4.78 is 40.2. The highest BCUT2D eigenvalue weighted by Gasteiger charge is 2.43. The zero-order valence-corrected chi connectivity index (χ0v) is 17.9. The van der Waals surface area contributed by atoms with E-state index in [9.17, 15) is 27.2 Å². The van der Waals surface area contributed by atoms with E-state index in [2.05, 4.69) is 5.32 Å². The van der Waals surface area contributed by atoms with Crippen molar-refractivity contribution in [1.82, 2.24) is 14.5 Å². The zero-order chi connectivity index (χ0) is 22.8. The maximum absolute atomic E-state index is 14.2. The van der Waals surface area contributed by atoms with Gasteiger partial charge in [-0.25, -0.2) is 17.1 Å². The molecule has 0 bridgehead atoms. The Kier molecular flexibility index (Phi) is 6.40. The van der Waals surface area contributed by atoms with Crippen LogP contribution >= 0.6 is 0 Å². The van der Waals surface area contributed by atoms with Gasteiger partial charge in [0.2, 0.25) is 11.8 Å². The molecule has 31 heavy (non-hydrogen) atoms. The number of rotatable bonds is 7. The van der Waals surface area contributed by atoms with Gasteiger partial charge in [0.15, 0.2) is 0 Å². The quantitative estimate of drug-likeness (QED) is 0.693. The molecule has 1 aliphatic rings. The largest absolute Gasteiger partial charge is 0.355 e. The van der Waals surface area contributed by atoms with Crippen molar-refractivity contribution in [3.8, 4) is 0 Å². The molecule has 0 radical (unpaired) electrons. The van der Waals surface area contributed by atoms with Gasteiger partial charge < -0.3 is 10.2 Å². The van der Waals surface area contributed by atoms with Gasteiger partial charge in [0.05, 0.1) is 5.56 Å². The van der Waals surface area contributed by atoms with Crippen LogP contribution in [0.2, 0.25) is 0 Å². The zero-order valence-electron chi connectivity index (χ0n) is 17.0. The number of hydrogen-bond donors (Lipinski definition) is 1. The predicted octanol–water partition coefficient (Wildman–Crippen LogP) is 1.52. The molecule has 0 saturated heterocycles. The van der Waals surface area contributed by atoms with E-state index in [1.165, 1.54) is 49.4 Å². The summed E-state index contributed by atoms with van der Waals surface area (Å²) >= 11 is 0. The van der Waals surface area contributed by atoms with Gasteiger partial charge in [-0.05, 0) is 32.0 Å². The maximum Gasteiger partial charge on any atom is 0.269 e. The lowest BCUT2D eigenvalue weighted by molar-refractivity contribution is -0.140. The van der Waals surface area contributed by atoms with Gasteiger partial charge >= 0.3 is 0 Å². The fourth-order valence-electron chi connectivity index (χ4n) is 3.32. The van der Waals surface area contributed by atoms with E-state index in [0.29, 0.717) is 10.8 Å². The SMILES string of the molecule is CCNC(=O)[C@H](C)N(Cc1ccccc1F)C(=O)CN1C(=O)c2ccccc2S1(=O)=O. The third-order valence-electron chi connectivity index (χ3n) is 5.01. The fourth-order valence-corrected chi connectivity index (χ4v) is 4.83. The standard InChI is InChI=1S/C21H22FN3O5S/c1-3-23-20(27)14(2)24(12-15-8-4-6-10-17(15)22)19(26)13-25-21(28)16-9-5-7-11-18(16)31(25,29)30/h4-11,14H,3,12-13H2,1-2H3,(H,23,27)/t14-/m0/s1. The molecule has 1 heterocycles. The Balaban J connectivity index is 1.91. The summed E-state index contributed by atoms with van der Waals surface area (Å²) in [5.74, 6) is -2.67. The number of hydrogen-bond acceptors (Lipinski definition) is 5. The second kappa shape index (κ2) is 8.84. The molecule has 1 N–H and O–H groups in total. The average molecular weight is 447 g/mol. The minimum Gasteiger partial charge on any atom is -0.355 e. The summed E-state index contributed by atoms with van der Waals surface area (Å²) in [5, 5.41) is 2.59. The van der Waals surface area contributed by atoms with Crippen molar-refractivity contribution >= 4 is 27.7 Å². The van der Waals surface area contributed by atoms with Gasteiger partial charge in [-0.1, -0.05) is 30.3 Å². The Morgan fingerprint density at radius 1 is 1.13 bits per heavy atom. The van der Waals surface area contributed by atoms with Crippen LogP contribution in [0.1, 0.15) is 29.8 Å². The van der Waals surface area contributed by atoms with Crippen LogP contribution in [-0.2, 0) is 26.2 Å². The van der Waals surface area contributed by atoms with Crippen LogP contribution < -0.4 is 5.32 Å². The third-order valence-corrected chi connectivity index (χ3v) is 6.79. The van der Waals surface area contributed by atoms with Gasteiger partial charge in [0, 0.05) is 18.7 Å². The molecular formula is C21H22FN3O5S. The minimum absolute atomic E-state index is 0.0206. The summed E-state index contributed by atoms with van der Waals surface area (Å²) in [6.07, 6.45) is 0. The number of sulfonamides is 1. The minimum atomic E-state index is -4.20. The highest BCUT2D eigenvalue weighted by atomic mass is 32.2. The molecule has 0 fully saturated rings. The first-order chi connectivity index (χ1) is 14.7. The van der Waals surface area contributed by atoms with Crippen LogP contribution in [0.3, 0.4) is 0 Å². The van der Waals surface area contributed by atoms with Crippen molar-refractivity contribution in [2.45, 2.75) is 31.3 Å². The van der Waals surface area contributed by atoms with E-state index in [0.717, 1.165) is 4.90 Å². The Morgan fingerprint density at radius 3 is 2.42 bits per heavy atom. The molecular weight excluding hydrogens is 425 g/mol. The number of carbonyl (C=O) groups is 3. The van der Waals surface area contributed by atoms with Crippen molar-refractivity contribution in [3.05, 3.63) is 65.5 Å². The van der Waals surface area contributed by atoms with E-state index in [1.54, 1.807) is 13.0 Å². The molecule has 3 rings (SSSR count). The number of fused-ring (bicyclic) bond motifs is 1. The molecule has 0 unspecified atom stereocenters. The van der Waals surface area contributed by atoms with Crippen LogP contribution in [0, 0.1) is 5.82 Å². The third kappa shape index (κ3) is 4.29. The Hall–Kier alpha value is -3.27. The van der Waals surface area contributed by atoms with E-state index < -0.39 is 46.1 Å². The Labute approximate surface area is 179 Å². The molecule has 3 amide bonds. The molecule has 0 aliphatic carbocycles. The fraction of sp³-hybridized carbons (Fsp3) is 0.286. The predicted molar refractivity (Wildman–Crippen MR) is 110 cm³/mol. The number of carbonyl (C=O) groups excluding carboxylic acids is 3. The monoisotopic (exact) mass is 447 g/mol. The Bertz CT molecular complexity index is 1140. The summed E-state index contributed by atoms with van der Waals surface area (Å²) in [5.41, 5.74) is 0.138. The molecule has 164 valence electrons. The van der Waals surface area contributed by atoms with E-state index in [-0.39, 0.29) is 22.6 Å². The van der Waals surface area contributed by atoms with Crippen LogP contribution in [-0.4, -0.2) is 54.5 Å². The topological polar surface area (TPSA) is 104 Å². The highest BCUT2D eigenvalue weighted by Crippen LogP contribution is 2.30.